The van der Waals surface area contributed by atoms with Crippen LogP contribution in [0, 0.1) is 0 Å². The molecular formula is C10H10BrN3. The fourth-order valence-electron chi connectivity index (χ4n) is 1.78. The Morgan fingerprint density at radius 1 is 1.43 bits per heavy atom. The number of imidazole rings is 1. The molecule has 2 aromatic heterocycles. The largest absolute Gasteiger partial charge is 0.320 e. The van der Waals surface area contributed by atoms with Crippen molar-refractivity contribution in [2.24, 2.45) is 5.73 Å². The Kier molecular flexibility index (Phi) is 1.56. The van der Waals surface area contributed by atoms with Crippen molar-refractivity contribution in [1.82, 2.24) is 9.38 Å². The van der Waals surface area contributed by atoms with Crippen LogP contribution in [0.1, 0.15) is 18.5 Å². The molecule has 0 aliphatic heterocycles. The van der Waals surface area contributed by atoms with Gasteiger partial charge in [0.1, 0.15) is 10.9 Å². The molecule has 0 bridgehead atoms. The highest BCUT2D eigenvalue weighted by Gasteiger charge is 2.41. The molecule has 4 heteroatoms. The molecule has 0 unspecified atom stereocenters. The summed E-state index contributed by atoms with van der Waals surface area (Å²) >= 11 is 3.42. The first-order valence-corrected chi connectivity index (χ1v) is 5.41. The van der Waals surface area contributed by atoms with Gasteiger partial charge in [-0.2, -0.15) is 0 Å². The van der Waals surface area contributed by atoms with Crippen LogP contribution in [-0.2, 0) is 5.54 Å². The lowest BCUT2D eigenvalue weighted by molar-refractivity contribution is 0.693. The summed E-state index contributed by atoms with van der Waals surface area (Å²) in [5.74, 6) is 0. The van der Waals surface area contributed by atoms with Gasteiger partial charge in [0, 0.05) is 5.69 Å². The number of aromatic nitrogens is 2. The van der Waals surface area contributed by atoms with Crippen LogP contribution in [0.4, 0.5) is 0 Å². The van der Waals surface area contributed by atoms with Crippen LogP contribution >= 0.6 is 15.9 Å². The Morgan fingerprint density at radius 3 is 2.93 bits per heavy atom. The van der Waals surface area contributed by atoms with Crippen LogP contribution in [-0.4, -0.2) is 9.38 Å². The zero-order chi connectivity index (χ0) is 9.76. The molecule has 0 saturated heterocycles. The Bertz CT molecular complexity index is 499. The minimum atomic E-state index is -0.111. The van der Waals surface area contributed by atoms with Crippen molar-refractivity contribution in [1.29, 1.82) is 0 Å². The van der Waals surface area contributed by atoms with Crippen molar-refractivity contribution in [2.75, 3.05) is 0 Å². The standard InChI is InChI=1S/C10H10BrN3/c11-9-7-2-1-3-8(10(12)4-5-10)14(7)6-13-9/h1-3,6H,4-5,12H2. The maximum absolute atomic E-state index is 6.18. The van der Waals surface area contributed by atoms with Crippen molar-refractivity contribution in [3.8, 4) is 0 Å². The predicted molar refractivity (Wildman–Crippen MR) is 58.0 cm³/mol. The molecule has 3 nitrogen and oxygen atoms in total. The predicted octanol–water partition coefficient (Wildman–Crippen LogP) is 2.04. The van der Waals surface area contributed by atoms with E-state index in [2.05, 4.69) is 31.4 Å². The van der Waals surface area contributed by atoms with Crippen molar-refractivity contribution in [3.63, 3.8) is 0 Å². The van der Waals surface area contributed by atoms with Crippen molar-refractivity contribution >= 4 is 21.4 Å². The molecule has 2 aromatic rings. The number of nitrogens with two attached hydrogens (primary N) is 1. The number of fused-ring (bicyclic) bond motifs is 1. The van der Waals surface area contributed by atoms with E-state index in [1.807, 2.05) is 18.5 Å². The summed E-state index contributed by atoms with van der Waals surface area (Å²) in [5.41, 5.74) is 8.31. The average Bonchev–Trinajstić information content (AvgIpc) is 2.83. The molecule has 0 amide bonds. The monoisotopic (exact) mass is 251 g/mol. The summed E-state index contributed by atoms with van der Waals surface area (Å²) in [6, 6.07) is 6.14. The number of halogens is 1. The second-order valence-corrected chi connectivity index (χ2v) is 4.61. The highest BCUT2D eigenvalue weighted by molar-refractivity contribution is 9.10. The van der Waals surface area contributed by atoms with E-state index < -0.39 is 0 Å². The van der Waals surface area contributed by atoms with E-state index >= 15 is 0 Å². The SMILES string of the molecule is NC1(c2cccc3c(Br)ncn23)CC1. The summed E-state index contributed by atoms with van der Waals surface area (Å²) in [5, 5.41) is 0. The molecule has 1 saturated carbocycles. The minimum Gasteiger partial charge on any atom is -0.320 e. The lowest BCUT2D eigenvalue weighted by atomic mass is 10.1. The van der Waals surface area contributed by atoms with Crippen molar-refractivity contribution in [3.05, 3.63) is 34.8 Å². The Morgan fingerprint density at radius 2 is 2.21 bits per heavy atom. The average molecular weight is 252 g/mol. The normalized spacial score (nSPS) is 18.7. The van der Waals surface area contributed by atoms with Crippen molar-refractivity contribution < 1.29 is 0 Å². The second kappa shape index (κ2) is 2.58. The molecule has 2 N–H and O–H groups in total. The summed E-state index contributed by atoms with van der Waals surface area (Å²) in [6.07, 6.45) is 3.96. The molecule has 1 aliphatic rings. The topological polar surface area (TPSA) is 43.3 Å². The molecule has 2 heterocycles. The number of hydrogen-bond donors (Lipinski definition) is 1. The van der Waals surface area contributed by atoms with E-state index in [9.17, 15) is 0 Å². The van der Waals surface area contributed by atoms with Gasteiger partial charge in [-0.3, -0.25) is 0 Å². The van der Waals surface area contributed by atoms with Crippen LogP contribution in [0.15, 0.2) is 29.1 Å². The summed E-state index contributed by atoms with van der Waals surface area (Å²) in [7, 11) is 0. The van der Waals surface area contributed by atoms with Crippen LogP contribution in [0.2, 0.25) is 0 Å². The molecule has 0 atom stereocenters. The number of hydrogen-bond acceptors (Lipinski definition) is 2. The van der Waals surface area contributed by atoms with Crippen molar-refractivity contribution in [2.45, 2.75) is 18.4 Å². The van der Waals surface area contributed by atoms with Gasteiger partial charge < -0.3 is 10.1 Å². The number of nitrogens with zero attached hydrogens (tertiary/aromatic N) is 2. The van der Waals surface area contributed by atoms with Gasteiger partial charge in [0.2, 0.25) is 0 Å². The highest BCUT2D eigenvalue weighted by Crippen LogP contribution is 2.42. The summed E-state index contributed by atoms with van der Waals surface area (Å²) in [4.78, 5) is 4.22. The van der Waals surface area contributed by atoms with Gasteiger partial charge in [0.05, 0.1) is 11.1 Å². The highest BCUT2D eigenvalue weighted by atomic mass is 79.9. The van der Waals surface area contributed by atoms with E-state index in [0.29, 0.717) is 0 Å². The Hall–Kier alpha value is -0.870. The Balaban J connectivity index is 2.34. The molecule has 0 aromatic carbocycles. The summed E-state index contributed by atoms with van der Waals surface area (Å²) < 4.78 is 2.94. The lowest BCUT2D eigenvalue weighted by Crippen LogP contribution is -2.21. The Labute approximate surface area is 90.1 Å². The van der Waals surface area contributed by atoms with Gasteiger partial charge in [-0.25, -0.2) is 4.98 Å². The molecular weight excluding hydrogens is 242 g/mol. The molecule has 72 valence electrons. The van der Waals surface area contributed by atoms with E-state index in [1.54, 1.807) is 0 Å². The first-order chi connectivity index (χ1) is 6.71. The molecule has 14 heavy (non-hydrogen) atoms. The van der Waals surface area contributed by atoms with Crippen LogP contribution in [0.25, 0.3) is 5.52 Å². The fraction of sp³-hybridized carbons (Fsp3) is 0.300. The van der Waals surface area contributed by atoms with E-state index in [-0.39, 0.29) is 5.54 Å². The maximum atomic E-state index is 6.18. The van der Waals surface area contributed by atoms with E-state index in [0.717, 1.165) is 28.7 Å². The van der Waals surface area contributed by atoms with Gasteiger partial charge >= 0.3 is 0 Å². The van der Waals surface area contributed by atoms with Crippen LogP contribution in [0.5, 0.6) is 0 Å². The molecule has 0 spiro atoms. The van der Waals surface area contributed by atoms with Gasteiger partial charge in [0.25, 0.3) is 0 Å². The quantitative estimate of drug-likeness (QED) is 0.844. The molecule has 1 fully saturated rings. The molecule has 0 radical (unpaired) electrons. The van der Waals surface area contributed by atoms with Gasteiger partial charge in [-0.05, 0) is 40.9 Å². The van der Waals surface area contributed by atoms with Gasteiger partial charge in [-0.1, -0.05) is 6.07 Å². The van der Waals surface area contributed by atoms with Gasteiger partial charge in [-0.15, -0.1) is 0 Å². The molecule has 3 rings (SSSR count). The smallest absolute Gasteiger partial charge is 0.131 e. The first kappa shape index (κ1) is 8.44. The second-order valence-electron chi connectivity index (χ2n) is 3.86. The van der Waals surface area contributed by atoms with Crippen LogP contribution in [0.3, 0.4) is 0 Å². The lowest BCUT2D eigenvalue weighted by Gasteiger charge is -2.11. The maximum Gasteiger partial charge on any atom is 0.131 e. The van der Waals surface area contributed by atoms with Crippen LogP contribution < -0.4 is 5.73 Å². The number of rotatable bonds is 1. The van der Waals surface area contributed by atoms with Gasteiger partial charge in [0.15, 0.2) is 0 Å². The zero-order valence-corrected chi connectivity index (χ0v) is 9.16. The summed E-state index contributed by atoms with van der Waals surface area (Å²) in [6.45, 7) is 0. The third-order valence-electron chi connectivity index (χ3n) is 2.82. The van der Waals surface area contributed by atoms with E-state index in [4.69, 9.17) is 5.73 Å². The fourth-order valence-corrected chi connectivity index (χ4v) is 2.20. The number of pyridine rings is 1. The third-order valence-corrected chi connectivity index (χ3v) is 3.43. The third kappa shape index (κ3) is 1.04. The molecule has 1 aliphatic carbocycles. The first-order valence-electron chi connectivity index (χ1n) is 4.62. The zero-order valence-electron chi connectivity index (χ0n) is 7.57. The van der Waals surface area contributed by atoms with E-state index in [1.165, 1.54) is 0 Å². The minimum absolute atomic E-state index is 0.111.